The van der Waals surface area contributed by atoms with Gasteiger partial charge in [0.15, 0.2) is 0 Å². The van der Waals surface area contributed by atoms with Gasteiger partial charge in [-0.1, -0.05) is 18.9 Å². The summed E-state index contributed by atoms with van der Waals surface area (Å²) in [6.07, 6.45) is 4.88. The zero-order valence-corrected chi connectivity index (χ0v) is 15.5. The van der Waals surface area contributed by atoms with Crippen LogP contribution in [0, 0.1) is 6.92 Å². The van der Waals surface area contributed by atoms with E-state index in [0.717, 1.165) is 5.56 Å². The first-order valence-corrected chi connectivity index (χ1v) is 10.2. The number of carbonyl (C=O) groups excluding carboxylic acids is 1. The Morgan fingerprint density at radius 3 is 2.57 bits per heavy atom. The molecule has 1 saturated carbocycles. The predicted molar refractivity (Wildman–Crippen MR) is 95.4 cm³/mol. The van der Waals surface area contributed by atoms with Crippen molar-refractivity contribution in [2.24, 2.45) is 0 Å². The van der Waals surface area contributed by atoms with Crippen LogP contribution >= 0.6 is 11.8 Å². The Bertz CT molecular complexity index is 666. The standard InChI is InChI=1S/C16H24N2O3S2/c1-12-8-9-14(23(20,21)18(2)3)10-15(12)17-16(19)11-22-13-6-4-5-7-13/h8-10,13H,4-7,11H2,1-3H3,(H,17,19). The average molecular weight is 357 g/mol. The average Bonchev–Trinajstić information content (AvgIpc) is 3.00. The van der Waals surface area contributed by atoms with Crippen molar-refractivity contribution < 1.29 is 13.2 Å². The van der Waals surface area contributed by atoms with E-state index in [-0.39, 0.29) is 10.8 Å². The van der Waals surface area contributed by atoms with Crippen LogP contribution in [-0.2, 0) is 14.8 Å². The lowest BCUT2D eigenvalue weighted by Crippen LogP contribution is -2.23. The fourth-order valence-electron chi connectivity index (χ4n) is 2.54. The van der Waals surface area contributed by atoms with Crippen molar-refractivity contribution >= 4 is 33.4 Å². The molecule has 7 heteroatoms. The number of rotatable bonds is 6. The number of hydrogen-bond donors (Lipinski definition) is 1. The van der Waals surface area contributed by atoms with Gasteiger partial charge in [0.2, 0.25) is 15.9 Å². The zero-order chi connectivity index (χ0) is 17.0. The van der Waals surface area contributed by atoms with Crippen LogP contribution in [0.4, 0.5) is 5.69 Å². The van der Waals surface area contributed by atoms with Gasteiger partial charge in [0.05, 0.1) is 10.6 Å². The normalized spacial score (nSPS) is 16.0. The maximum Gasteiger partial charge on any atom is 0.242 e. The fraction of sp³-hybridized carbons (Fsp3) is 0.562. The SMILES string of the molecule is Cc1ccc(S(=O)(=O)N(C)C)cc1NC(=O)CSC1CCCC1. The lowest BCUT2D eigenvalue weighted by atomic mass is 10.2. The van der Waals surface area contributed by atoms with E-state index in [1.807, 2.05) is 6.92 Å². The summed E-state index contributed by atoms with van der Waals surface area (Å²) in [5.74, 6) is 0.332. The Balaban J connectivity index is 2.05. The Labute approximate surface area is 142 Å². The molecule has 1 aliphatic rings. The van der Waals surface area contributed by atoms with Gasteiger partial charge in [-0.3, -0.25) is 4.79 Å². The molecule has 1 amide bonds. The summed E-state index contributed by atoms with van der Waals surface area (Å²) in [5.41, 5.74) is 1.41. The lowest BCUT2D eigenvalue weighted by Gasteiger charge is -2.15. The molecule has 0 unspecified atom stereocenters. The molecule has 0 aromatic heterocycles. The van der Waals surface area contributed by atoms with Crippen LogP contribution in [-0.4, -0.2) is 43.7 Å². The van der Waals surface area contributed by atoms with Crippen molar-refractivity contribution in [1.82, 2.24) is 4.31 Å². The quantitative estimate of drug-likeness (QED) is 0.851. The number of nitrogens with one attached hydrogen (secondary N) is 1. The van der Waals surface area contributed by atoms with E-state index in [2.05, 4.69) is 5.32 Å². The second-order valence-corrected chi connectivity index (χ2v) is 9.47. The van der Waals surface area contributed by atoms with Gasteiger partial charge >= 0.3 is 0 Å². The first-order chi connectivity index (χ1) is 10.8. The van der Waals surface area contributed by atoms with Crippen LogP contribution in [0.2, 0.25) is 0 Å². The smallest absolute Gasteiger partial charge is 0.242 e. The maximum absolute atomic E-state index is 12.2. The van der Waals surface area contributed by atoms with Gasteiger partial charge in [0, 0.05) is 25.0 Å². The monoisotopic (exact) mass is 356 g/mol. The van der Waals surface area contributed by atoms with Crippen molar-refractivity contribution in [2.45, 2.75) is 42.8 Å². The number of hydrogen-bond acceptors (Lipinski definition) is 4. The van der Waals surface area contributed by atoms with Crippen LogP contribution in [0.15, 0.2) is 23.1 Å². The first kappa shape index (κ1) is 18.3. The summed E-state index contributed by atoms with van der Waals surface area (Å²) < 4.78 is 25.5. The molecule has 0 heterocycles. The van der Waals surface area contributed by atoms with E-state index in [1.54, 1.807) is 23.9 Å². The van der Waals surface area contributed by atoms with Gasteiger partial charge in [0.25, 0.3) is 0 Å². The van der Waals surface area contributed by atoms with Gasteiger partial charge < -0.3 is 5.32 Å². The van der Waals surface area contributed by atoms with Gasteiger partial charge in [-0.25, -0.2) is 12.7 Å². The number of amides is 1. The molecule has 1 N–H and O–H groups in total. The van der Waals surface area contributed by atoms with Gasteiger partial charge in [0.1, 0.15) is 0 Å². The molecular formula is C16H24N2O3S2. The second kappa shape index (κ2) is 7.68. The number of aryl methyl sites for hydroxylation is 1. The van der Waals surface area contributed by atoms with Crippen LogP contribution in [0.5, 0.6) is 0 Å². The molecule has 0 aliphatic heterocycles. The number of benzene rings is 1. The molecule has 0 bridgehead atoms. The van der Waals surface area contributed by atoms with Crippen molar-refractivity contribution in [2.75, 3.05) is 25.2 Å². The van der Waals surface area contributed by atoms with E-state index < -0.39 is 10.0 Å². The number of nitrogens with zero attached hydrogens (tertiary/aromatic N) is 1. The maximum atomic E-state index is 12.2. The van der Waals surface area contributed by atoms with E-state index in [4.69, 9.17) is 0 Å². The molecule has 0 spiro atoms. The summed E-state index contributed by atoms with van der Waals surface area (Å²) in [5, 5.41) is 3.43. The largest absolute Gasteiger partial charge is 0.325 e. The Morgan fingerprint density at radius 1 is 1.30 bits per heavy atom. The molecule has 0 radical (unpaired) electrons. The molecule has 1 aromatic rings. The lowest BCUT2D eigenvalue weighted by molar-refractivity contribution is -0.113. The molecule has 128 valence electrons. The van der Waals surface area contributed by atoms with Crippen LogP contribution in [0.3, 0.4) is 0 Å². The van der Waals surface area contributed by atoms with Gasteiger partial charge in [-0.05, 0) is 37.5 Å². The van der Waals surface area contributed by atoms with Gasteiger partial charge in [-0.2, -0.15) is 0 Å². The Hall–Kier alpha value is -1.05. The molecule has 1 aliphatic carbocycles. The third-order valence-corrected chi connectivity index (χ3v) is 7.20. The number of carbonyl (C=O) groups is 1. The second-order valence-electron chi connectivity index (χ2n) is 6.03. The fourth-order valence-corrected chi connectivity index (χ4v) is 4.60. The number of anilines is 1. The summed E-state index contributed by atoms with van der Waals surface area (Å²) in [6.45, 7) is 1.85. The summed E-state index contributed by atoms with van der Waals surface area (Å²) in [6, 6.07) is 4.81. The predicted octanol–water partition coefficient (Wildman–Crippen LogP) is 2.86. The molecule has 2 rings (SSSR count). The molecule has 5 nitrogen and oxygen atoms in total. The van der Waals surface area contributed by atoms with Crippen LogP contribution in [0.1, 0.15) is 31.2 Å². The van der Waals surface area contributed by atoms with E-state index in [1.165, 1.54) is 50.2 Å². The molecule has 1 fully saturated rings. The third kappa shape index (κ3) is 4.71. The minimum Gasteiger partial charge on any atom is -0.325 e. The highest BCUT2D eigenvalue weighted by Gasteiger charge is 2.20. The highest BCUT2D eigenvalue weighted by atomic mass is 32.2. The molecular weight excluding hydrogens is 332 g/mol. The highest BCUT2D eigenvalue weighted by Crippen LogP contribution is 2.29. The van der Waals surface area contributed by atoms with Crippen molar-refractivity contribution in [3.63, 3.8) is 0 Å². The highest BCUT2D eigenvalue weighted by molar-refractivity contribution is 8.00. The summed E-state index contributed by atoms with van der Waals surface area (Å²) >= 11 is 1.69. The summed E-state index contributed by atoms with van der Waals surface area (Å²) in [7, 11) is -0.517. The van der Waals surface area contributed by atoms with E-state index >= 15 is 0 Å². The van der Waals surface area contributed by atoms with Crippen molar-refractivity contribution in [3.8, 4) is 0 Å². The minimum absolute atomic E-state index is 0.0793. The Morgan fingerprint density at radius 2 is 1.96 bits per heavy atom. The number of thioether (sulfide) groups is 1. The van der Waals surface area contributed by atoms with E-state index in [0.29, 0.717) is 16.7 Å². The van der Waals surface area contributed by atoms with Crippen LogP contribution in [0.25, 0.3) is 0 Å². The zero-order valence-electron chi connectivity index (χ0n) is 13.8. The molecule has 0 atom stereocenters. The number of sulfonamides is 1. The van der Waals surface area contributed by atoms with Crippen molar-refractivity contribution in [3.05, 3.63) is 23.8 Å². The topological polar surface area (TPSA) is 66.5 Å². The molecule has 1 aromatic carbocycles. The van der Waals surface area contributed by atoms with E-state index in [9.17, 15) is 13.2 Å². The Kier molecular flexibility index (Phi) is 6.11. The van der Waals surface area contributed by atoms with Crippen LogP contribution < -0.4 is 5.32 Å². The van der Waals surface area contributed by atoms with Crippen molar-refractivity contribution in [1.29, 1.82) is 0 Å². The molecule has 23 heavy (non-hydrogen) atoms. The first-order valence-electron chi connectivity index (χ1n) is 7.75. The van der Waals surface area contributed by atoms with Gasteiger partial charge in [-0.15, -0.1) is 11.8 Å². The minimum atomic E-state index is -3.50. The summed E-state index contributed by atoms with van der Waals surface area (Å²) in [4.78, 5) is 12.3. The third-order valence-electron chi connectivity index (χ3n) is 4.01. The molecule has 0 saturated heterocycles.